The minimum absolute atomic E-state index is 0.308. The summed E-state index contributed by atoms with van der Waals surface area (Å²) in [5, 5.41) is 9.32. The van der Waals surface area contributed by atoms with Crippen LogP contribution in [0, 0.1) is 0 Å². The van der Waals surface area contributed by atoms with Crippen LogP contribution < -0.4 is 4.90 Å². The maximum atomic E-state index is 5.52. The highest BCUT2D eigenvalue weighted by Crippen LogP contribution is 2.30. The number of piperidine rings is 1. The van der Waals surface area contributed by atoms with E-state index < -0.39 is 0 Å². The van der Waals surface area contributed by atoms with E-state index in [2.05, 4.69) is 31.5 Å². The van der Waals surface area contributed by atoms with Gasteiger partial charge in [0.25, 0.3) is 0 Å². The molecular formula is C15H16N4OS2. The number of aromatic nitrogens is 3. The summed E-state index contributed by atoms with van der Waals surface area (Å²) >= 11 is 3.41. The summed E-state index contributed by atoms with van der Waals surface area (Å²) < 4.78 is 5.52. The van der Waals surface area contributed by atoms with Gasteiger partial charge in [-0.15, -0.1) is 22.7 Å². The first kappa shape index (κ1) is 13.9. The third-order valence-corrected chi connectivity index (χ3v) is 5.57. The number of thiophene rings is 1. The lowest BCUT2D eigenvalue weighted by Crippen LogP contribution is -2.34. The summed E-state index contributed by atoms with van der Waals surface area (Å²) in [6.45, 7) is 1.97. The molecule has 0 aromatic carbocycles. The zero-order valence-electron chi connectivity index (χ0n) is 12.0. The summed E-state index contributed by atoms with van der Waals surface area (Å²) in [7, 11) is 0. The predicted molar refractivity (Wildman–Crippen MR) is 87.7 cm³/mol. The number of anilines is 1. The van der Waals surface area contributed by atoms with Crippen LogP contribution in [0.25, 0.3) is 0 Å². The van der Waals surface area contributed by atoms with Crippen molar-refractivity contribution in [3.8, 4) is 0 Å². The lowest BCUT2D eigenvalue weighted by atomic mass is 9.98. The van der Waals surface area contributed by atoms with Crippen LogP contribution in [0.2, 0.25) is 0 Å². The van der Waals surface area contributed by atoms with Crippen LogP contribution in [0.1, 0.15) is 35.4 Å². The van der Waals surface area contributed by atoms with Crippen molar-refractivity contribution in [1.82, 2.24) is 15.1 Å². The topological polar surface area (TPSA) is 55.1 Å². The lowest BCUT2D eigenvalue weighted by molar-refractivity contribution is 0.331. The molecule has 0 aliphatic carbocycles. The predicted octanol–water partition coefficient (Wildman–Crippen LogP) is 3.56. The van der Waals surface area contributed by atoms with Crippen molar-refractivity contribution in [2.45, 2.75) is 25.2 Å². The number of rotatable bonds is 4. The SMILES string of the molecule is c1csc(Cc2noc([C@@H]3CCCN(c4nccs4)C3)n2)c1. The van der Waals surface area contributed by atoms with E-state index in [9.17, 15) is 0 Å². The van der Waals surface area contributed by atoms with E-state index in [1.54, 1.807) is 22.7 Å². The van der Waals surface area contributed by atoms with E-state index in [-0.39, 0.29) is 0 Å². The molecule has 0 unspecified atom stereocenters. The van der Waals surface area contributed by atoms with E-state index in [1.807, 2.05) is 17.6 Å². The fourth-order valence-corrected chi connectivity index (χ4v) is 4.18. The maximum Gasteiger partial charge on any atom is 0.231 e. The summed E-state index contributed by atoms with van der Waals surface area (Å²) in [5.74, 6) is 1.86. The standard InChI is InChI=1S/C15H16N4OS2/c1-3-11(10-19(6-1)15-16-5-8-22-15)14-17-13(18-20-14)9-12-4-2-7-21-12/h2,4-5,7-8,11H,1,3,6,9-10H2/t11-/m1/s1. The fraction of sp³-hybridized carbons (Fsp3) is 0.400. The Morgan fingerprint density at radius 1 is 1.32 bits per heavy atom. The zero-order valence-corrected chi connectivity index (χ0v) is 13.6. The Balaban J connectivity index is 1.46. The van der Waals surface area contributed by atoms with Crippen molar-refractivity contribution in [3.63, 3.8) is 0 Å². The Kier molecular flexibility index (Phi) is 3.90. The van der Waals surface area contributed by atoms with E-state index in [0.717, 1.165) is 49.2 Å². The van der Waals surface area contributed by atoms with Crippen molar-refractivity contribution < 1.29 is 4.52 Å². The molecule has 0 N–H and O–H groups in total. The Labute approximate surface area is 136 Å². The molecule has 0 amide bonds. The molecule has 1 aliphatic heterocycles. The maximum absolute atomic E-state index is 5.52. The lowest BCUT2D eigenvalue weighted by Gasteiger charge is -2.30. The average molecular weight is 332 g/mol. The molecule has 1 aliphatic rings. The van der Waals surface area contributed by atoms with Gasteiger partial charge in [-0.25, -0.2) is 4.98 Å². The molecule has 1 atom stereocenters. The molecule has 0 radical (unpaired) electrons. The molecule has 0 spiro atoms. The molecule has 0 saturated carbocycles. The van der Waals surface area contributed by atoms with Gasteiger partial charge in [-0.05, 0) is 24.3 Å². The molecule has 3 aromatic heterocycles. The number of nitrogens with zero attached hydrogens (tertiary/aromatic N) is 4. The normalized spacial score (nSPS) is 18.7. The summed E-state index contributed by atoms with van der Waals surface area (Å²) in [6, 6.07) is 4.15. The van der Waals surface area contributed by atoms with Crippen molar-refractivity contribution in [1.29, 1.82) is 0 Å². The third kappa shape index (κ3) is 2.91. The number of hydrogen-bond acceptors (Lipinski definition) is 7. The van der Waals surface area contributed by atoms with Gasteiger partial charge in [0.2, 0.25) is 5.89 Å². The van der Waals surface area contributed by atoms with Crippen molar-refractivity contribution >= 4 is 27.8 Å². The van der Waals surface area contributed by atoms with Gasteiger partial charge in [0.1, 0.15) is 0 Å². The minimum Gasteiger partial charge on any atom is -0.347 e. The van der Waals surface area contributed by atoms with Crippen LogP contribution in [0.4, 0.5) is 5.13 Å². The number of thiazole rings is 1. The second-order valence-corrected chi connectivity index (χ2v) is 7.31. The summed E-state index contributed by atoms with van der Waals surface area (Å²) in [5.41, 5.74) is 0. The minimum atomic E-state index is 0.308. The van der Waals surface area contributed by atoms with Crippen LogP contribution in [-0.4, -0.2) is 28.2 Å². The zero-order chi connectivity index (χ0) is 14.8. The molecule has 114 valence electrons. The summed E-state index contributed by atoms with van der Waals surface area (Å²) in [4.78, 5) is 12.6. The van der Waals surface area contributed by atoms with Gasteiger partial charge in [0.15, 0.2) is 11.0 Å². The third-order valence-electron chi connectivity index (χ3n) is 3.86. The largest absolute Gasteiger partial charge is 0.347 e. The highest BCUT2D eigenvalue weighted by Gasteiger charge is 2.27. The smallest absolute Gasteiger partial charge is 0.231 e. The molecule has 1 saturated heterocycles. The first-order valence-electron chi connectivity index (χ1n) is 7.38. The molecule has 7 heteroatoms. The monoisotopic (exact) mass is 332 g/mol. The van der Waals surface area contributed by atoms with Crippen molar-refractivity contribution in [2.75, 3.05) is 18.0 Å². The van der Waals surface area contributed by atoms with Gasteiger partial charge in [-0.1, -0.05) is 11.2 Å². The van der Waals surface area contributed by atoms with Crippen LogP contribution in [-0.2, 0) is 6.42 Å². The highest BCUT2D eigenvalue weighted by molar-refractivity contribution is 7.13. The van der Waals surface area contributed by atoms with Crippen molar-refractivity contribution in [3.05, 3.63) is 45.7 Å². The van der Waals surface area contributed by atoms with Gasteiger partial charge in [-0.3, -0.25) is 0 Å². The molecule has 1 fully saturated rings. The van der Waals surface area contributed by atoms with Gasteiger partial charge >= 0.3 is 0 Å². The molecule has 5 nitrogen and oxygen atoms in total. The van der Waals surface area contributed by atoms with Gasteiger partial charge in [-0.2, -0.15) is 4.98 Å². The molecule has 22 heavy (non-hydrogen) atoms. The Hall–Kier alpha value is -1.73. The van der Waals surface area contributed by atoms with Gasteiger partial charge in [0, 0.05) is 36.0 Å². The van der Waals surface area contributed by atoms with E-state index >= 15 is 0 Å². The van der Waals surface area contributed by atoms with Crippen LogP contribution in [0.3, 0.4) is 0 Å². The Bertz CT molecular complexity index is 708. The second kappa shape index (κ2) is 6.18. The van der Waals surface area contributed by atoms with E-state index in [0.29, 0.717) is 5.92 Å². The molecule has 4 heterocycles. The quantitative estimate of drug-likeness (QED) is 0.731. The number of hydrogen-bond donors (Lipinski definition) is 0. The van der Waals surface area contributed by atoms with Gasteiger partial charge < -0.3 is 9.42 Å². The fourth-order valence-electron chi connectivity index (χ4n) is 2.80. The van der Waals surface area contributed by atoms with E-state index in [4.69, 9.17) is 4.52 Å². The average Bonchev–Trinajstić information content (AvgIpc) is 3.31. The highest BCUT2D eigenvalue weighted by atomic mass is 32.1. The first-order valence-corrected chi connectivity index (χ1v) is 9.14. The van der Waals surface area contributed by atoms with Crippen LogP contribution >= 0.6 is 22.7 Å². The van der Waals surface area contributed by atoms with Crippen LogP contribution in [0.15, 0.2) is 33.6 Å². The van der Waals surface area contributed by atoms with Crippen molar-refractivity contribution in [2.24, 2.45) is 0 Å². The van der Waals surface area contributed by atoms with Crippen LogP contribution in [0.5, 0.6) is 0 Å². The summed E-state index contributed by atoms with van der Waals surface area (Å²) in [6.07, 6.45) is 4.84. The van der Waals surface area contributed by atoms with E-state index in [1.165, 1.54) is 4.88 Å². The second-order valence-electron chi connectivity index (χ2n) is 5.40. The molecular weight excluding hydrogens is 316 g/mol. The first-order chi connectivity index (χ1) is 10.9. The molecule has 3 aromatic rings. The Morgan fingerprint density at radius 2 is 2.32 bits per heavy atom. The Morgan fingerprint density at radius 3 is 3.14 bits per heavy atom. The molecule has 4 rings (SSSR count). The molecule has 0 bridgehead atoms. The van der Waals surface area contributed by atoms with Gasteiger partial charge in [0.05, 0.1) is 5.92 Å².